The smallest absolute Gasteiger partial charge is 0.371 e. The van der Waals surface area contributed by atoms with Gasteiger partial charge in [0.05, 0.1) is 18.5 Å². The fraction of sp³-hybridized carbons (Fsp3) is 0.419. The quantitative estimate of drug-likeness (QED) is 0.130. The van der Waals surface area contributed by atoms with Crippen LogP contribution in [0.3, 0.4) is 0 Å². The number of hydrogen-bond acceptors (Lipinski definition) is 12. The second-order valence-corrected chi connectivity index (χ2v) is 18.4. The summed E-state index contributed by atoms with van der Waals surface area (Å²) in [5, 5.41) is 8.03. The number of alkyl halides is 3. The van der Waals surface area contributed by atoms with Gasteiger partial charge in [-0.2, -0.15) is 18.2 Å². The van der Waals surface area contributed by atoms with Crippen LogP contribution in [0.5, 0.6) is 0 Å². The van der Waals surface area contributed by atoms with Crippen molar-refractivity contribution in [3.63, 3.8) is 0 Å². The van der Waals surface area contributed by atoms with Crippen molar-refractivity contribution in [2.75, 3.05) is 72.4 Å². The fourth-order valence-corrected chi connectivity index (χ4v) is 9.20. The molecule has 0 spiro atoms. The Morgan fingerprint density at radius 3 is 2.35 bits per heavy atom. The van der Waals surface area contributed by atoms with Gasteiger partial charge >= 0.3 is 6.18 Å². The zero-order chi connectivity index (χ0) is 44.6. The molecule has 3 amide bonds. The number of fused-ring (bicyclic) bond motifs is 1. The molecule has 3 fully saturated rings. The van der Waals surface area contributed by atoms with Crippen molar-refractivity contribution in [2.45, 2.75) is 63.6 Å². The molecule has 3 aromatic carbocycles. The zero-order valence-electron chi connectivity index (χ0n) is 34.8. The summed E-state index contributed by atoms with van der Waals surface area (Å²) >= 11 is 0. The van der Waals surface area contributed by atoms with Crippen molar-refractivity contribution in [1.29, 1.82) is 0 Å². The highest BCUT2D eigenvalue weighted by molar-refractivity contribution is 7.92. The van der Waals surface area contributed by atoms with Crippen LogP contribution in [0.25, 0.3) is 0 Å². The molecule has 0 bridgehead atoms. The van der Waals surface area contributed by atoms with Crippen LogP contribution in [0.15, 0.2) is 66.9 Å². The maximum atomic E-state index is 15.8. The van der Waals surface area contributed by atoms with Gasteiger partial charge in [0.2, 0.25) is 27.8 Å². The summed E-state index contributed by atoms with van der Waals surface area (Å²) in [4.78, 5) is 53.6. The molecule has 63 heavy (non-hydrogen) atoms. The van der Waals surface area contributed by atoms with Gasteiger partial charge in [-0.05, 0) is 67.3 Å². The summed E-state index contributed by atoms with van der Waals surface area (Å²) in [6, 6.07) is 16.9. The molecule has 4 aliphatic heterocycles. The summed E-state index contributed by atoms with van der Waals surface area (Å²) in [7, 11) is -2.14. The maximum Gasteiger partial charge on any atom is 0.421 e. The number of imide groups is 1. The average molecular weight is 893 g/mol. The van der Waals surface area contributed by atoms with Gasteiger partial charge in [-0.25, -0.2) is 17.8 Å². The number of aromatic nitrogens is 2. The van der Waals surface area contributed by atoms with Crippen LogP contribution in [0.2, 0.25) is 0 Å². The molecule has 1 aromatic heterocycles. The molecular formula is C43H48F4N10O5S. The number of halogens is 4. The number of nitrogens with zero attached hydrogens (tertiary/aromatic N) is 7. The molecule has 334 valence electrons. The minimum absolute atomic E-state index is 0.0000400. The third-order valence-corrected chi connectivity index (χ3v) is 13.5. The van der Waals surface area contributed by atoms with E-state index in [1.165, 1.54) is 11.9 Å². The number of nitrogens with one attached hydrogen (secondary N) is 3. The van der Waals surface area contributed by atoms with Crippen LogP contribution in [0.1, 0.15) is 58.3 Å². The molecule has 0 radical (unpaired) electrons. The summed E-state index contributed by atoms with van der Waals surface area (Å²) < 4.78 is 82.7. The van der Waals surface area contributed by atoms with Crippen LogP contribution < -0.4 is 25.2 Å². The molecule has 0 saturated carbocycles. The van der Waals surface area contributed by atoms with Crippen LogP contribution in [-0.2, 0) is 45.4 Å². The van der Waals surface area contributed by atoms with Crippen molar-refractivity contribution in [3.8, 4) is 0 Å². The molecule has 3 N–H and O–H groups in total. The van der Waals surface area contributed by atoms with Crippen molar-refractivity contribution in [2.24, 2.45) is 0 Å². The molecule has 0 aliphatic carbocycles. The molecule has 5 heterocycles. The minimum Gasteiger partial charge on any atom is -0.371 e. The Balaban J connectivity index is 0.814. The van der Waals surface area contributed by atoms with Gasteiger partial charge in [-0.15, -0.1) is 0 Å². The first-order valence-electron chi connectivity index (χ1n) is 20.8. The third-order valence-electron chi connectivity index (χ3n) is 12.3. The van der Waals surface area contributed by atoms with Crippen LogP contribution in [-0.4, -0.2) is 115 Å². The van der Waals surface area contributed by atoms with Gasteiger partial charge in [-0.1, -0.05) is 18.2 Å². The number of amides is 3. The highest BCUT2D eigenvalue weighted by Crippen LogP contribution is 2.35. The SMILES string of the molecule is CN(c1cccc(CNc2nc(Nc3ccc(N4CCC(N5CCN(Cc6ccc7c(c6F)CN(C6CCC(=O)NC6=O)C7=O)CC5)CC4)cc3)ncc2C(F)(F)F)c1)S(C)(=O)=O. The number of sulfonamides is 1. The first-order valence-corrected chi connectivity index (χ1v) is 22.6. The van der Waals surface area contributed by atoms with E-state index in [9.17, 15) is 36.0 Å². The van der Waals surface area contributed by atoms with Gasteiger partial charge in [0, 0.05) is 106 Å². The number of anilines is 5. The number of piperazine rings is 1. The Kier molecular flexibility index (Phi) is 12.3. The second-order valence-electron chi connectivity index (χ2n) is 16.4. The van der Waals surface area contributed by atoms with Gasteiger partial charge in [0.25, 0.3) is 5.91 Å². The lowest BCUT2D eigenvalue weighted by atomic mass is 10.0. The number of carbonyl (C=O) groups is 3. The van der Waals surface area contributed by atoms with Gasteiger partial charge < -0.3 is 20.4 Å². The van der Waals surface area contributed by atoms with E-state index in [2.05, 4.69) is 40.6 Å². The van der Waals surface area contributed by atoms with E-state index in [4.69, 9.17) is 0 Å². The molecule has 4 aliphatic rings. The highest BCUT2D eigenvalue weighted by atomic mass is 32.2. The minimum atomic E-state index is -4.72. The monoisotopic (exact) mass is 892 g/mol. The van der Waals surface area contributed by atoms with E-state index in [1.54, 1.807) is 36.4 Å². The Morgan fingerprint density at radius 2 is 1.67 bits per heavy atom. The fourth-order valence-electron chi connectivity index (χ4n) is 8.70. The highest BCUT2D eigenvalue weighted by Gasteiger charge is 2.41. The Morgan fingerprint density at radius 1 is 0.937 bits per heavy atom. The van der Waals surface area contributed by atoms with E-state index < -0.39 is 51.3 Å². The number of benzene rings is 3. The first kappa shape index (κ1) is 43.8. The number of hydrogen-bond donors (Lipinski definition) is 3. The summed E-state index contributed by atoms with van der Waals surface area (Å²) in [6.07, 6.45) is -0.648. The van der Waals surface area contributed by atoms with Crippen molar-refractivity contribution in [1.82, 2.24) is 30.0 Å². The van der Waals surface area contributed by atoms with E-state index >= 15 is 4.39 Å². The normalized spacial score (nSPS) is 19.3. The molecule has 8 rings (SSSR count). The van der Waals surface area contributed by atoms with E-state index in [-0.39, 0.29) is 43.4 Å². The Hall–Kier alpha value is -5.86. The van der Waals surface area contributed by atoms with Gasteiger partial charge in [-0.3, -0.25) is 33.8 Å². The largest absolute Gasteiger partial charge is 0.421 e. The first-order chi connectivity index (χ1) is 30.0. The maximum absolute atomic E-state index is 15.8. The lowest BCUT2D eigenvalue weighted by Crippen LogP contribution is -2.53. The number of piperidine rings is 2. The van der Waals surface area contributed by atoms with E-state index in [0.29, 0.717) is 40.7 Å². The molecule has 20 heteroatoms. The molecular weight excluding hydrogens is 845 g/mol. The zero-order valence-corrected chi connectivity index (χ0v) is 35.6. The molecule has 1 atom stereocenters. The van der Waals surface area contributed by atoms with Crippen molar-refractivity contribution in [3.05, 3.63) is 100 Å². The van der Waals surface area contributed by atoms with E-state index in [0.717, 1.165) is 74.6 Å². The molecule has 4 aromatic rings. The van der Waals surface area contributed by atoms with E-state index in [1.807, 2.05) is 24.3 Å². The second kappa shape index (κ2) is 17.7. The topological polar surface area (TPSA) is 163 Å². The molecule has 1 unspecified atom stereocenters. The predicted octanol–water partition coefficient (Wildman–Crippen LogP) is 4.93. The number of carbonyl (C=O) groups excluding carboxylic acids is 3. The number of rotatable bonds is 12. The standard InChI is InChI=1S/C43H48F4N10O5S/c1-53(63(2,61)62)32-5-3-4-27(22-32)23-48-39-35(43(45,46)47)24-49-42(52-39)50-29-7-9-30(10-8-29)55-16-14-31(15-17-55)56-20-18-54(19-21-56)25-28-6-11-33-34(38(28)44)26-57(41(33)60)36-12-13-37(58)51-40(36)59/h3-11,22,24,31,36H,12-21,23,25-26H2,1-2H3,(H,51,58,59)(H2,48,49,50,52). The molecule has 3 saturated heterocycles. The predicted molar refractivity (Wildman–Crippen MR) is 228 cm³/mol. The Labute approximate surface area is 362 Å². The lowest BCUT2D eigenvalue weighted by molar-refractivity contribution is -0.138. The summed E-state index contributed by atoms with van der Waals surface area (Å²) in [5.74, 6) is -2.16. The van der Waals surface area contributed by atoms with Crippen molar-refractivity contribution >= 4 is 56.6 Å². The van der Waals surface area contributed by atoms with Gasteiger partial charge in [0.1, 0.15) is 23.2 Å². The van der Waals surface area contributed by atoms with Crippen LogP contribution in [0, 0.1) is 5.82 Å². The van der Waals surface area contributed by atoms with Crippen molar-refractivity contribution < 1.29 is 40.4 Å². The summed E-state index contributed by atoms with van der Waals surface area (Å²) in [6.45, 7) is 5.28. The third kappa shape index (κ3) is 9.72. The summed E-state index contributed by atoms with van der Waals surface area (Å²) in [5.41, 5.74) is 2.57. The Bertz CT molecular complexity index is 2490. The molecule has 15 nitrogen and oxygen atoms in total. The van der Waals surface area contributed by atoms with Crippen LogP contribution >= 0.6 is 0 Å². The van der Waals surface area contributed by atoms with Gasteiger partial charge in [0.15, 0.2) is 0 Å². The van der Waals surface area contributed by atoms with Crippen LogP contribution in [0.4, 0.5) is 46.4 Å². The lowest BCUT2D eigenvalue weighted by Gasteiger charge is -2.43. The average Bonchev–Trinajstić information content (AvgIpc) is 3.59.